The Morgan fingerprint density at radius 2 is 1.79 bits per heavy atom. The predicted octanol–water partition coefficient (Wildman–Crippen LogP) is 2.61. The molecule has 0 aliphatic rings. The van der Waals surface area contributed by atoms with E-state index < -0.39 is 6.10 Å². The van der Waals surface area contributed by atoms with E-state index in [-0.39, 0.29) is 23.1 Å². The summed E-state index contributed by atoms with van der Waals surface area (Å²) in [5.41, 5.74) is 0.820. The number of amides is 1. The molecule has 0 saturated heterocycles. The van der Waals surface area contributed by atoms with Crippen LogP contribution in [0.3, 0.4) is 0 Å². The summed E-state index contributed by atoms with van der Waals surface area (Å²) in [6.07, 6.45) is 1.32. The Morgan fingerprint density at radius 1 is 1.21 bits per heavy atom. The Balaban J connectivity index is 2.60. The maximum absolute atomic E-state index is 12.1. The molecule has 4 heteroatoms. The zero-order valence-electron chi connectivity index (χ0n) is 12.0. The molecule has 0 radical (unpaired) electrons. The van der Waals surface area contributed by atoms with Gasteiger partial charge >= 0.3 is 0 Å². The van der Waals surface area contributed by atoms with Crippen LogP contribution in [-0.4, -0.2) is 28.6 Å². The molecule has 0 heterocycles. The van der Waals surface area contributed by atoms with Crippen molar-refractivity contribution in [2.75, 3.05) is 6.26 Å². The molecule has 19 heavy (non-hydrogen) atoms. The molecule has 0 aromatic heterocycles. The molecule has 0 aliphatic heterocycles. The lowest BCUT2D eigenvalue weighted by atomic mass is 10.0. The van der Waals surface area contributed by atoms with Gasteiger partial charge in [-0.2, -0.15) is 11.8 Å². The summed E-state index contributed by atoms with van der Waals surface area (Å²) >= 11 is 1.67. The van der Waals surface area contributed by atoms with Crippen molar-refractivity contribution in [1.29, 1.82) is 0 Å². The van der Waals surface area contributed by atoms with Crippen LogP contribution in [0.2, 0.25) is 0 Å². The molecule has 3 nitrogen and oxygen atoms in total. The molecule has 0 spiro atoms. The van der Waals surface area contributed by atoms with Crippen molar-refractivity contribution in [2.24, 2.45) is 5.92 Å². The van der Waals surface area contributed by atoms with Crippen LogP contribution in [-0.2, 0) is 4.79 Å². The summed E-state index contributed by atoms with van der Waals surface area (Å²) in [4.78, 5) is 12.1. The van der Waals surface area contributed by atoms with Crippen molar-refractivity contribution in [1.82, 2.24) is 5.32 Å². The van der Waals surface area contributed by atoms with Gasteiger partial charge in [-0.05, 0) is 18.7 Å². The van der Waals surface area contributed by atoms with E-state index in [1.807, 2.05) is 57.4 Å². The topological polar surface area (TPSA) is 49.3 Å². The molecule has 0 aliphatic carbocycles. The Bertz CT molecular complexity index is 396. The van der Waals surface area contributed by atoms with Gasteiger partial charge in [-0.15, -0.1) is 0 Å². The summed E-state index contributed by atoms with van der Waals surface area (Å²) in [6, 6.07) is 9.09. The first-order valence-electron chi connectivity index (χ1n) is 6.53. The Labute approximate surface area is 119 Å². The molecule has 1 aromatic rings. The number of hydrogen-bond donors (Lipinski definition) is 2. The van der Waals surface area contributed by atoms with Gasteiger partial charge in [-0.25, -0.2) is 0 Å². The second kappa shape index (κ2) is 7.56. The fourth-order valence-corrected chi connectivity index (χ4v) is 2.32. The van der Waals surface area contributed by atoms with Gasteiger partial charge in [-0.1, -0.05) is 44.2 Å². The van der Waals surface area contributed by atoms with Gasteiger partial charge < -0.3 is 10.4 Å². The van der Waals surface area contributed by atoms with Crippen molar-refractivity contribution in [3.05, 3.63) is 35.9 Å². The molecule has 4 unspecified atom stereocenters. The van der Waals surface area contributed by atoms with Crippen LogP contribution in [0.25, 0.3) is 0 Å². The zero-order chi connectivity index (χ0) is 14.4. The van der Waals surface area contributed by atoms with Gasteiger partial charge in [0.05, 0.1) is 12.1 Å². The molecule has 4 atom stereocenters. The fraction of sp³-hybridized carbons (Fsp3) is 0.533. The molecule has 1 aromatic carbocycles. The fourth-order valence-electron chi connectivity index (χ4n) is 1.79. The minimum absolute atomic E-state index is 0.00988. The first-order chi connectivity index (χ1) is 8.97. The number of hydrogen-bond acceptors (Lipinski definition) is 3. The van der Waals surface area contributed by atoms with Gasteiger partial charge in [0.25, 0.3) is 0 Å². The van der Waals surface area contributed by atoms with Gasteiger partial charge in [0, 0.05) is 11.2 Å². The van der Waals surface area contributed by atoms with Crippen LogP contribution >= 0.6 is 11.8 Å². The third kappa shape index (κ3) is 4.55. The van der Waals surface area contributed by atoms with E-state index in [0.29, 0.717) is 0 Å². The van der Waals surface area contributed by atoms with Gasteiger partial charge in [0.1, 0.15) is 0 Å². The van der Waals surface area contributed by atoms with Gasteiger partial charge in [0.15, 0.2) is 0 Å². The van der Waals surface area contributed by atoms with E-state index >= 15 is 0 Å². The first-order valence-corrected chi connectivity index (χ1v) is 7.82. The first kappa shape index (κ1) is 16.1. The number of thioether (sulfide) groups is 1. The molecule has 1 amide bonds. The molecular formula is C15H23NO2S. The number of benzene rings is 1. The lowest BCUT2D eigenvalue weighted by Crippen LogP contribution is -2.42. The minimum atomic E-state index is -0.679. The number of carbonyl (C=O) groups is 1. The maximum atomic E-state index is 12.1. The van der Waals surface area contributed by atoms with Crippen LogP contribution in [0, 0.1) is 5.92 Å². The number of rotatable bonds is 6. The Kier molecular flexibility index (Phi) is 6.38. The summed E-state index contributed by atoms with van der Waals surface area (Å²) in [6.45, 7) is 5.78. The third-order valence-electron chi connectivity index (χ3n) is 3.47. The monoisotopic (exact) mass is 281 g/mol. The van der Waals surface area contributed by atoms with Crippen molar-refractivity contribution < 1.29 is 9.90 Å². The van der Waals surface area contributed by atoms with E-state index in [4.69, 9.17) is 0 Å². The smallest absolute Gasteiger partial charge is 0.224 e. The highest BCUT2D eigenvalue weighted by Crippen LogP contribution is 2.19. The van der Waals surface area contributed by atoms with Crippen molar-refractivity contribution >= 4 is 17.7 Å². The highest BCUT2D eigenvalue weighted by atomic mass is 32.2. The summed E-state index contributed by atoms with van der Waals surface area (Å²) < 4.78 is 0. The highest BCUT2D eigenvalue weighted by Gasteiger charge is 2.24. The molecule has 0 fully saturated rings. The standard InChI is InChI=1S/C15H23NO2S/c1-10(12(3)19-4)15(18)16-11(2)14(17)13-8-6-5-7-9-13/h5-12,14,17H,1-4H3,(H,16,18). The lowest BCUT2D eigenvalue weighted by molar-refractivity contribution is -0.125. The average Bonchev–Trinajstić information content (AvgIpc) is 2.45. The second-order valence-electron chi connectivity index (χ2n) is 4.88. The molecular weight excluding hydrogens is 258 g/mol. The normalized spacial score (nSPS) is 17.3. The van der Waals surface area contributed by atoms with Crippen LogP contribution in [0.4, 0.5) is 0 Å². The summed E-state index contributed by atoms with van der Waals surface area (Å²) in [5.74, 6) is -0.0789. The summed E-state index contributed by atoms with van der Waals surface area (Å²) in [7, 11) is 0. The van der Waals surface area contributed by atoms with Crippen LogP contribution in [0.5, 0.6) is 0 Å². The van der Waals surface area contributed by atoms with Crippen molar-refractivity contribution in [3.8, 4) is 0 Å². The van der Waals surface area contributed by atoms with E-state index in [9.17, 15) is 9.90 Å². The van der Waals surface area contributed by atoms with Crippen LogP contribution in [0.1, 0.15) is 32.4 Å². The number of carbonyl (C=O) groups excluding carboxylic acids is 1. The van der Waals surface area contributed by atoms with Crippen molar-refractivity contribution in [2.45, 2.75) is 38.2 Å². The lowest BCUT2D eigenvalue weighted by Gasteiger charge is -2.24. The van der Waals surface area contributed by atoms with E-state index in [1.54, 1.807) is 11.8 Å². The van der Waals surface area contributed by atoms with E-state index in [1.165, 1.54) is 0 Å². The van der Waals surface area contributed by atoms with E-state index in [0.717, 1.165) is 5.56 Å². The highest BCUT2D eigenvalue weighted by molar-refractivity contribution is 7.99. The summed E-state index contributed by atoms with van der Waals surface area (Å²) in [5, 5.41) is 13.4. The Hall–Kier alpha value is -1.00. The second-order valence-corrected chi connectivity index (χ2v) is 6.10. The third-order valence-corrected chi connectivity index (χ3v) is 4.63. The quantitative estimate of drug-likeness (QED) is 0.842. The maximum Gasteiger partial charge on any atom is 0.224 e. The molecule has 0 bridgehead atoms. The minimum Gasteiger partial charge on any atom is -0.386 e. The molecule has 0 saturated carbocycles. The molecule has 1 rings (SSSR count). The molecule has 2 N–H and O–H groups in total. The van der Waals surface area contributed by atoms with Crippen LogP contribution < -0.4 is 5.32 Å². The number of aliphatic hydroxyl groups excluding tert-OH is 1. The van der Waals surface area contributed by atoms with Crippen molar-refractivity contribution in [3.63, 3.8) is 0 Å². The van der Waals surface area contributed by atoms with Crippen LogP contribution in [0.15, 0.2) is 30.3 Å². The molecule has 106 valence electrons. The predicted molar refractivity (Wildman–Crippen MR) is 81.1 cm³/mol. The largest absolute Gasteiger partial charge is 0.386 e. The number of aliphatic hydroxyl groups is 1. The average molecular weight is 281 g/mol. The Morgan fingerprint density at radius 3 is 2.32 bits per heavy atom. The number of nitrogens with one attached hydrogen (secondary N) is 1. The van der Waals surface area contributed by atoms with Gasteiger partial charge in [-0.3, -0.25) is 4.79 Å². The SMILES string of the molecule is CSC(C)C(C)C(=O)NC(C)C(O)c1ccccc1. The van der Waals surface area contributed by atoms with E-state index in [2.05, 4.69) is 5.32 Å². The zero-order valence-corrected chi connectivity index (χ0v) is 12.8. The van der Waals surface area contributed by atoms with Gasteiger partial charge in [0.2, 0.25) is 5.91 Å².